The Morgan fingerprint density at radius 2 is 1.86 bits per heavy atom. The normalized spacial score (nSPS) is 31.1. The van der Waals surface area contributed by atoms with Crippen LogP contribution in [0.2, 0.25) is 0 Å². The average molecular weight is 306 g/mol. The molecular weight excluding hydrogens is 290 g/mol. The predicted molar refractivity (Wildman–Crippen MR) is 65.0 cm³/mol. The third kappa shape index (κ3) is 3.37. The largest absolute Gasteiger partial charge is 0.394 e. The molecule has 5 atom stereocenters. The highest BCUT2D eigenvalue weighted by Crippen LogP contribution is 2.32. The zero-order chi connectivity index (χ0) is 15.6. The Morgan fingerprint density at radius 1 is 1.14 bits per heavy atom. The summed E-state index contributed by atoms with van der Waals surface area (Å²) in [7, 11) is 0. The van der Waals surface area contributed by atoms with Gasteiger partial charge in [0, 0.05) is 5.56 Å². The smallest absolute Gasteiger partial charge is 0.185 e. The summed E-state index contributed by atoms with van der Waals surface area (Å²) in [6.45, 7) is -1.25. The first-order valence-corrected chi connectivity index (χ1v) is 6.31. The maximum atomic E-state index is 13.2. The first-order chi connectivity index (χ1) is 9.97. The van der Waals surface area contributed by atoms with E-state index < -0.39 is 55.6 Å². The molecule has 0 spiro atoms. The number of hydrogen-bond donors (Lipinski definition) is 4. The number of aliphatic hydroxyl groups excluding tert-OH is 4. The summed E-state index contributed by atoms with van der Waals surface area (Å²) in [5.41, 5.74) is 0.120. The van der Waals surface area contributed by atoms with E-state index in [-0.39, 0.29) is 5.56 Å². The quantitative estimate of drug-likeness (QED) is 0.596. The van der Waals surface area contributed by atoms with Gasteiger partial charge in [0.25, 0.3) is 0 Å². The summed E-state index contributed by atoms with van der Waals surface area (Å²) >= 11 is 0. The molecular formula is C13H16F2O6. The Bertz CT molecular complexity index is 486. The van der Waals surface area contributed by atoms with Crippen molar-refractivity contribution in [3.05, 3.63) is 35.4 Å². The van der Waals surface area contributed by atoms with Gasteiger partial charge in [0.15, 0.2) is 17.9 Å². The summed E-state index contributed by atoms with van der Waals surface area (Å²) < 4.78 is 36.7. The van der Waals surface area contributed by atoms with Crippen molar-refractivity contribution in [2.24, 2.45) is 0 Å². The molecule has 1 unspecified atom stereocenters. The highest BCUT2D eigenvalue weighted by atomic mass is 19.2. The van der Waals surface area contributed by atoms with E-state index in [2.05, 4.69) is 0 Å². The number of halogens is 2. The van der Waals surface area contributed by atoms with Gasteiger partial charge in [-0.05, 0) is 12.1 Å². The second kappa shape index (κ2) is 6.73. The van der Waals surface area contributed by atoms with Gasteiger partial charge in [-0.2, -0.15) is 0 Å². The lowest BCUT2D eigenvalue weighted by atomic mass is 10.0. The van der Waals surface area contributed by atoms with E-state index >= 15 is 0 Å². The van der Waals surface area contributed by atoms with Crippen molar-refractivity contribution >= 4 is 0 Å². The van der Waals surface area contributed by atoms with Crippen molar-refractivity contribution in [1.29, 1.82) is 0 Å². The number of hydrogen-bond acceptors (Lipinski definition) is 6. The molecule has 0 aliphatic carbocycles. The SMILES string of the molecule is OC[C@@H](O)[C@H]1OC(c2ccc(F)c(F)c2)O[C@@H](CO)[C@H]1O. The molecule has 2 rings (SSSR count). The van der Waals surface area contributed by atoms with Crippen LogP contribution in [0.15, 0.2) is 18.2 Å². The van der Waals surface area contributed by atoms with E-state index in [4.69, 9.17) is 14.6 Å². The lowest BCUT2D eigenvalue weighted by Crippen LogP contribution is -2.54. The molecule has 0 amide bonds. The highest BCUT2D eigenvalue weighted by molar-refractivity contribution is 5.19. The van der Waals surface area contributed by atoms with Crippen LogP contribution < -0.4 is 0 Å². The Balaban J connectivity index is 2.24. The summed E-state index contributed by atoms with van der Waals surface area (Å²) in [5.74, 6) is -2.15. The fraction of sp³-hybridized carbons (Fsp3) is 0.538. The molecule has 0 bridgehead atoms. The minimum atomic E-state index is -1.41. The molecule has 8 heteroatoms. The van der Waals surface area contributed by atoms with E-state index in [1.165, 1.54) is 6.07 Å². The maximum Gasteiger partial charge on any atom is 0.185 e. The van der Waals surface area contributed by atoms with Gasteiger partial charge in [-0.25, -0.2) is 8.78 Å². The van der Waals surface area contributed by atoms with Gasteiger partial charge in [0.2, 0.25) is 0 Å². The first kappa shape index (κ1) is 16.2. The monoisotopic (exact) mass is 306 g/mol. The summed E-state index contributed by atoms with van der Waals surface area (Å²) in [4.78, 5) is 0. The lowest BCUT2D eigenvalue weighted by molar-refractivity contribution is -0.310. The first-order valence-electron chi connectivity index (χ1n) is 6.31. The summed E-state index contributed by atoms with van der Waals surface area (Å²) in [6.07, 6.45) is -6.33. The van der Waals surface area contributed by atoms with Crippen LogP contribution in [0.1, 0.15) is 11.9 Å². The zero-order valence-corrected chi connectivity index (χ0v) is 10.9. The van der Waals surface area contributed by atoms with E-state index in [9.17, 15) is 24.1 Å². The fourth-order valence-electron chi connectivity index (χ4n) is 2.10. The molecule has 1 aromatic rings. The summed E-state index contributed by atoms with van der Waals surface area (Å²) in [5, 5.41) is 37.6. The van der Waals surface area contributed by atoms with Crippen LogP contribution in [0.25, 0.3) is 0 Å². The van der Waals surface area contributed by atoms with Crippen LogP contribution in [0.4, 0.5) is 8.78 Å². The molecule has 118 valence electrons. The van der Waals surface area contributed by atoms with Gasteiger partial charge >= 0.3 is 0 Å². The van der Waals surface area contributed by atoms with Crippen molar-refractivity contribution in [2.75, 3.05) is 13.2 Å². The Morgan fingerprint density at radius 3 is 2.43 bits per heavy atom. The Labute approximate surface area is 119 Å². The van der Waals surface area contributed by atoms with Crippen molar-refractivity contribution in [1.82, 2.24) is 0 Å². The molecule has 0 radical (unpaired) electrons. The molecule has 21 heavy (non-hydrogen) atoms. The standard InChI is InChI=1S/C13H16F2O6/c14-7-2-1-6(3-8(7)15)13-20-10(5-17)11(19)12(21-13)9(18)4-16/h1-3,9-13,16-19H,4-5H2/t9-,10+,11-,12-,13?/m1/s1. The van der Waals surface area contributed by atoms with Crippen LogP contribution in [0.3, 0.4) is 0 Å². The minimum absolute atomic E-state index is 0.120. The predicted octanol–water partition coefficient (Wildman–Crippen LogP) is -0.546. The van der Waals surface area contributed by atoms with Crippen molar-refractivity contribution in [3.63, 3.8) is 0 Å². The van der Waals surface area contributed by atoms with Crippen LogP contribution in [-0.4, -0.2) is 58.1 Å². The van der Waals surface area contributed by atoms with Crippen molar-refractivity contribution in [2.45, 2.75) is 30.7 Å². The molecule has 1 aliphatic heterocycles. The second-order valence-corrected chi connectivity index (χ2v) is 4.70. The lowest BCUT2D eigenvalue weighted by Gasteiger charge is -2.40. The topological polar surface area (TPSA) is 99.4 Å². The number of benzene rings is 1. The van der Waals surface area contributed by atoms with Crippen LogP contribution in [0.5, 0.6) is 0 Å². The van der Waals surface area contributed by atoms with Gasteiger partial charge in [-0.1, -0.05) is 6.07 Å². The van der Waals surface area contributed by atoms with Gasteiger partial charge in [-0.3, -0.25) is 0 Å². The van der Waals surface area contributed by atoms with Gasteiger partial charge in [0.1, 0.15) is 24.4 Å². The Kier molecular flexibility index (Phi) is 5.20. The average Bonchev–Trinajstić information content (AvgIpc) is 2.49. The summed E-state index contributed by atoms with van der Waals surface area (Å²) in [6, 6.07) is 2.96. The van der Waals surface area contributed by atoms with E-state index in [1.807, 2.05) is 0 Å². The molecule has 1 aromatic carbocycles. The van der Waals surface area contributed by atoms with Crippen molar-refractivity contribution in [3.8, 4) is 0 Å². The van der Waals surface area contributed by atoms with E-state index in [0.717, 1.165) is 12.1 Å². The second-order valence-electron chi connectivity index (χ2n) is 4.70. The van der Waals surface area contributed by atoms with E-state index in [1.54, 1.807) is 0 Å². The molecule has 1 saturated heterocycles. The van der Waals surface area contributed by atoms with Gasteiger partial charge in [0.05, 0.1) is 13.2 Å². The molecule has 0 saturated carbocycles. The molecule has 6 nitrogen and oxygen atoms in total. The van der Waals surface area contributed by atoms with Gasteiger partial charge in [-0.15, -0.1) is 0 Å². The van der Waals surface area contributed by atoms with E-state index in [0.29, 0.717) is 0 Å². The molecule has 1 aliphatic rings. The maximum absolute atomic E-state index is 13.2. The molecule has 1 fully saturated rings. The molecule has 1 heterocycles. The van der Waals surface area contributed by atoms with Crippen LogP contribution in [0, 0.1) is 11.6 Å². The minimum Gasteiger partial charge on any atom is -0.394 e. The fourth-order valence-corrected chi connectivity index (χ4v) is 2.10. The Hall–Kier alpha value is -1.16. The van der Waals surface area contributed by atoms with Crippen molar-refractivity contribution < 1.29 is 38.7 Å². The molecule has 4 N–H and O–H groups in total. The molecule has 0 aromatic heterocycles. The zero-order valence-electron chi connectivity index (χ0n) is 10.9. The highest BCUT2D eigenvalue weighted by Gasteiger charge is 2.42. The van der Waals surface area contributed by atoms with Gasteiger partial charge < -0.3 is 29.9 Å². The number of aliphatic hydroxyl groups is 4. The third-order valence-corrected chi connectivity index (χ3v) is 3.26. The van der Waals surface area contributed by atoms with Crippen LogP contribution >= 0.6 is 0 Å². The number of rotatable bonds is 4. The number of ether oxygens (including phenoxy) is 2. The third-order valence-electron chi connectivity index (χ3n) is 3.26. The van der Waals surface area contributed by atoms with Crippen LogP contribution in [-0.2, 0) is 9.47 Å².